The predicted octanol–water partition coefficient (Wildman–Crippen LogP) is 2.34. The number of anilines is 1. The van der Waals surface area contributed by atoms with E-state index in [0.29, 0.717) is 25.1 Å². The van der Waals surface area contributed by atoms with Gasteiger partial charge in [-0.3, -0.25) is 0 Å². The van der Waals surface area contributed by atoms with Gasteiger partial charge in [-0.1, -0.05) is 26.0 Å². The first kappa shape index (κ1) is 19.1. The number of fused-ring (bicyclic) bond motifs is 1. The fourth-order valence-electron chi connectivity index (χ4n) is 3.79. The maximum absolute atomic E-state index is 6.03. The van der Waals surface area contributed by atoms with Crippen LogP contribution in [0.4, 0.5) is 5.95 Å². The molecule has 2 saturated heterocycles. The Bertz CT molecular complexity index is 801. The van der Waals surface area contributed by atoms with Crippen molar-refractivity contribution in [2.24, 2.45) is 5.92 Å². The number of rotatable bonds is 7. The Balaban J connectivity index is 1.44. The van der Waals surface area contributed by atoms with E-state index in [2.05, 4.69) is 34.4 Å². The first-order valence-electron chi connectivity index (χ1n) is 9.85. The van der Waals surface area contributed by atoms with E-state index in [9.17, 15) is 0 Å². The molecule has 0 aliphatic carbocycles. The molecule has 2 aliphatic heterocycles. The second-order valence-corrected chi connectivity index (χ2v) is 7.72. The molecule has 7 heteroatoms. The third-order valence-electron chi connectivity index (χ3n) is 5.19. The zero-order chi connectivity index (χ0) is 19.5. The second kappa shape index (κ2) is 8.43. The maximum Gasteiger partial charge on any atom is 0.223 e. The SMILES string of the molecule is COc1ccccc1-c1ccnc(N[C@H]2CO[C@H]3[C@H]2OC[C@H]3NCC(C)C)n1. The molecule has 4 rings (SSSR count). The van der Waals surface area contributed by atoms with Gasteiger partial charge in [0.2, 0.25) is 5.95 Å². The predicted molar refractivity (Wildman–Crippen MR) is 108 cm³/mol. The average Bonchev–Trinajstić information content (AvgIpc) is 3.29. The molecule has 0 bridgehead atoms. The van der Waals surface area contributed by atoms with Crippen LogP contribution in [0.5, 0.6) is 5.75 Å². The number of hydrogen-bond donors (Lipinski definition) is 2. The molecular formula is C21H28N4O3. The summed E-state index contributed by atoms with van der Waals surface area (Å²) in [4.78, 5) is 9.07. The number of aromatic nitrogens is 2. The van der Waals surface area contributed by atoms with E-state index in [1.54, 1.807) is 13.3 Å². The maximum atomic E-state index is 6.03. The Morgan fingerprint density at radius 1 is 1.11 bits per heavy atom. The smallest absolute Gasteiger partial charge is 0.223 e. The summed E-state index contributed by atoms with van der Waals surface area (Å²) in [6.45, 7) is 6.61. The third-order valence-corrected chi connectivity index (χ3v) is 5.19. The summed E-state index contributed by atoms with van der Waals surface area (Å²) in [5.41, 5.74) is 1.75. The second-order valence-electron chi connectivity index (χ2n) is 7.72. The highest BCUT2D eigenvalue weighted by Gasteiger charge is 2.47. The van der Waals surface area contributed by atoms with E-state index in [-0.39, 0.29) is 24.3 Å². The van der Waals surface area contributed by atoms with Crippen LogP contribution in [-0.2, 0) is 9.47 Å². The van der Waals surface area contributed by atoms with E-state index < -0.39 is 0 Å². The molecule has 7 nitrogen and oxygen atoms in total. The lowest BCUT2D eigenvalue weighted by Gasteiger charge is -2.19. The minimum Gasteiger partial charge on any atom is -0.496 e. The monoisotopic (exact) mass is 384 g/mol. The Morgan fingerprint density at radius 3 is 2.64 bits per heavy atom. The van der Waals surface area contributed by atoms with Gasteiger partial charge in [0.15, 0.2) is 0 Å². The number of para-hydroxylation sites is 1. The van der Waals surface area contributed by atoms with Crippen molar-refractivity contribution < 1.29 is 14.2 Å². The van der Waals surface area contributed by atoms with Gasteiger partial charge in [-0.2, -0.15) is 0 Å². The minimum absolute atomic E-state index is 0.00294. The molecule has 1 aromatic carbocycles. The molecule has 0 spiro atoms. The summed E-state index contributed by atoms with van der Waals surface area (Å²) >= 11 is 0. The topological polar surface area (TPSA) is 77.5 Å². The van der Waals surface area contributed by atoms with Crippen LogP contribution in [0, 0.1) is 5.92 Å². The van der Waals surface area contributed by atoms with Crippen molar-refractivity contribution in [1.82, 2.24) is 15.3 Å². The van der Waals surface area contributed by atoms with Crippen LogP contribution < -0.4 is 15.4 Å². The standard InChI is InChI=1S/C21H28N4O3/c1-13(2)10-23-16-11-27-20-17(12-28-19(16)20)25-21-22-9-8-15(24-21)14-6-4-5-7-18(14)26-3/h4-9,13,16-17,19-20,23H,10-12H2,1-3H3,(H,22,24,25)/t16-,17+,19-,20+/m1/s1. The highest BCUT2D eigenvalue weighted by molar-refractivity contribution is 5.67. The molecule has 0 unspecified atom stereocenters. The molecule has 0 saturated carbocycles. The van der Waals surface area contributed by atoms with Gasteiger partial charge in [-0.15, -0.1) is 0 Å². The number of hydrogen-bond acceptors (Lipinski definition) is 7. The Hall–Kier alpha value is -2.22. The van der Waals surface area contributed by atoms with Crippen LogP contribution in [0.25, 0.3) is 11.3 Å². The van der Waals surface area contributed by atoms with Gasteiger partial charge < -0.3 is 24.8 Å². The van der Waals surface area contributed by atoms with Gasteiger partial charge in [0.1, 0.15) is 18.0 Å². The first-order valence-corrected chi connectivity index (χ1v) is 9.85. The Labute approximate surface area is 165 Å². The van der Waals surface area contributed by atoms with E-state index in [0.717, 1.165) is 23.6 Å². The molecule has 3 heterocycles. The van der Waals surface area contributed by atoms with Crippen molar-refractivity contribution in [3.05, 3.63) is 36.5 Å². The highest BCUT2D eigenvalue weighted by atomic mass is 16.6. The summed E-state index contributed by atoms with van der Waals surface area (Å²) in [7, 11) is 1.66. The molecule has 28 heavy (non-hydrogen) atoms. The van der Waals surface area contributed by atoms with Crippen molar-refractivity contribution in [3.63, 3.8) is 0 Å². The minimum atomic E-state index is 0.00294. The molecule has 0 amide bonds. The van der Waals surface area contributed by atoms with Gasteiger partial charge in [-0.25, -0.2) is 9.97 Å². The van der Waals surface area contributed by atoms with Gasteiger partial charge in [0, 0.05) is 11.8 Å². The van der Waals surface area contributed by atoms with Crippen LogP contribution in [0.2, 0.25) is 0 Å². The number of nitrogens with one attached hydrogen (secondary N) is 2. The van der Waals surface area contributed by atoms with Gasteiger partial charge in [-0.05, 0) is 30.7 Å². The molecule has 2 N–H and O–H groups in total. The third kappa shape index (κ3) is 3.97. The molecule has 150 valence electrons. The largest absolute Gasteiger partial charge is 0.496 e. The molecule has 2 aliphatic rings. The van der Waals surface area contributed by atoms with Crippen molar-refractivity contribution in [2.75, 3.05) is 32.2 Å². The van der Waals surface area contributed by atoms with Crippen molar-refractivity contribution in [3.8, 4) is 17.0 Å². The summed E-state index contributed by atoms with van der Waals surface area (Å²) in [5, 5.41) is 6.96. The highest BCUT2D eigenvalue weighted by Crippen LogP contribution is 2.30. The number of ether oxygens (including phenoxy) is 3. The number of nitrogens with zero attached hydrogens (tertiary/aromatic N) is 2. The summed E-state index contributed by atoms with van der Waals surface area (Å²) in [6.07, 6.45) is 1.82. The first-order chi connectivity index (χ1) is 13.7. The van der Waals surface area contributed by atoms with Crippen molar-refractivity contribution in [2.45, 2.75) is 38.1 Å². The quantitative estimate of drug-likeness (QED) is 0.759. The lowest BCUT2D eigenvalue weighted by molar-refractivity contribution is 0.0674. The molecule has 2 fully saturated rings. The average molecular weight is 384 g/mol. The molecule has 4 atom stereocenters. The van der Waals surface area contributed by atoms with Crippen LogP contribution in [-0.4, -0.2) is 61.1 Å². The molecule has 1 aromatic heterocycles. The van der Waals surface area contributed by atoms with Crippen molar-refractivity contribution >= 4 is 5.95 Å². The van der Waals surface area contributed by atoms with Crippen LogP contribution in [0.1, 0.15) is 13.8 Å². The zero-order valence-corrected chi connectivity index (χ0v) is 16.6. The van der Waals surface area contributed by atoms with Gasteiger partial charge in [0.25, 0.3) is 0 Å². The Kier molecular flexibility index (Phi) is 5.75. The van der Waals surface area contributed by atoms with E-state index in [1.807, 2.05) is 30.3 Å². The zero-order valence-electron chi connectivity index (χ0n) is 16.6. The number of methoxy groups -OCH3 is 1. The lowest BCUT2D eigenvalue weighted by Crippen LogP contribution is -2.43. The van der Waals surface area contributed by atoms with Gasteiger partial charge >= 0.3 is 0 Å². The normalized spacial score (nSPS) is 26.4. The molecule has 2 aromatic rings. The fourth-order valence-corrected chi connectivity index (χ4v) is 3.79. The van der Waals surface area contributed by atoms with Crippen LogP contribution in [0.3, 0.4) is 0 Å². The summed E-state index contributed by atoms with van der Waals surface area (Å²) < 4.78 is 17.5. The lowest BCUT2D eigenvalue weighted by atomic mass is 10.1. The molecular weight excluding hydrogens is 356 g/mol. The molecule has 0 radical (unpaired) electrons. The summed E-state index contributed by atoms with van der Waals surface area (Å²) in [6, 6.07) is 9.98. The van der Waals surface area contributed by atoms with E-state index >= 15 is 0 Å². The number of benzene rings is 1. The van der Waals surface area contributed by atoms with Crippen LogP contribution >= 0.6 is 0 Å². The van der Waals surface area contributed by atoms with Crippen molar-refractivity contribution in [1.29, 1.82) is 0 Å². The summed E-state index contributed by atoms with van der Waals surface area (Å²) in [5.74, 6) is 1.95. The van der Waals surface area contributed by atoms with Gasteiger partial charge in [0.05, 0.1) is 38.1 Å². The van der Waals surface area contributed by atoms with E-state index in [4.69, 9.17) is 14.2 Å². The van der Waals surface area contributed by atoms with E-state index in [1.165, 1.54) is 0 Å². The Morgan fingerprint density at radius 2 is 1.86 bits per heavy atom. The fraction of sp³-hybridized carbons (Fsp3) is 0.524. The van der Waals surface area contributed by atoms with Crippen LogP contribution in [0.15, 0.2) is 36.5 Å².